The number of H-pyrrole nitrogens is 1. The van der Waals surface area contributed by atoms with Crippen molar-refractivity contribution in [3.8, 4) is 5.69 Å². The number of nitrogens with one attached hydrogen (secondary N) is 2. The van der Waals surface area contributed by atoms with Crippen LogP contribution < -0.4 is 16.6 Å². The third kappa shape index (κ3) is 13.0. The molecule has 0 radical (unpaired) electrons. The molecule has 0 bridgehead atoms. The summed E-state index contributed by atoms with van der Waals surface area (Å²) in [7, 11) is -3.44. The number of pyridine rings is 1. The average Bonchev–Trinajstić information content (AvgIpc) is 3.75. The molecule has 3 heterocycles. The largest absolute Gasteiger partial charge is 0.399 e. The van der Waals surface area contributed by atoms with Crippen molar-refractivity contribution < 1.29 is 42.3 Å². The van der Waals surface area contributed by atoms with Gasteiger partial charge in [0.1, 0.15) is 12.0 Å². The van der Waals surface area contributed by atoms with Gasteiger partial charge in [-0.1, -0.05) is 24.3 Å². The number of rotatable bonds is 10. The standard InChI is InChI=1S/C12H10N2O2.C10H9F2N2O4P.C7H13NO2.C5H11N/c15-9-13-10-6-7-14(12(16)8-10)11-4-2-1-3-5-11;11-10(12,19(16,17)18)6-1-2-7-5(3-6)4-8(14-7)9(13)15;1-3-8(7(2)10)5-4-6-9;1-6-4-2-3-5-6/h1-9H,(H,13,15);1-4,14H,(H2,13,15)(H2,16,17,18);6H,3-5H2,1-2H3;2-5H2,1H3. The van der Waals surface area contributed by atoms with Crippen molar-refractivity contribution in [1.82, 2.24) is 19.4 Å². The molecular formula is C34H43F2N6O8P. The first-order valence-electron chi connectivity index (χ1n) is 15.8. The second-order valence-electron chi connectivity index (χ2n) is 11.2. The molecule has 14 nitrogen and oxygen atoms in total. The van der Waals surface area contributed by atoms with Crippen LogP contribution in [0, 0.1) is 0 Å². The number of carbonyl (C=O) groups excluding carboxylic acids is 4. The first-order valence-corrected chi connectivity index (χ1v) is 17.4. The van der Waals surface area contributed by atoms with Gasteiger partial charge in [-0.2, -0.15) is 8.78 Å². The molecule has 51 heavy (non-hydrogen) atoms. The highest BCUT2D eigenvalue weighted by atomic mass is 31.2. The Balaban J connectivity index is 0.000000254. The zero-order valence-corrected chi connectivity index (χ0v) is 29.4. The zero-order chi connectivity index (χ0) is 38.2. The number of aldehydes is 1. The van der Waals surface area contributed by atoms with Gasteiger partial charge in [0.2, 0.25) is 12.3 Å². The lowest BCUT2D eigenvalue weighted by molar-refractivity contribution is -0.128. The van der Waals surface area contributed by atoms with Gasteiger partial charge in [0.25, 0.3) is 11.5 Å². The normalized spacial score (nSPS) is 12.6. The minimum absolute atomic E-state index is 0.0200. The number of primary amides is 1. The molecule has 6 N–H and O–H groups in total. The Bertz CT molecular complexity index is 1860. The van der Waals surface area contributed by atoms with Crippen molar-refractivity contribution in [2.45, 2.75) is 38.8 Å². The number of hydrogen-bond donors (Lipinski definition) is 5. The Morgan fingerprint density at radius 1 is 1.06 bits per heavy atom. The van der Waals surface area contributed by atoms with Crippen molar-refractivity contribution in [3.63, 3.8) is 0 Å². The number of amides is 3. The first kappa shape index (κ1) is 42.1. The minimum Gasteiger partial charge on any atom is -0.364 e. The highest BCUT2D eigenvalue weighted by Gasteiger charge is 2.50. The predicted molar refractivity (Wildman–Crippen MR) is 190 cm³/mol. The van der Waals surface area contributed by atoms with Crippen molar-refractivity contribution >= 4 is 48.7 Å². The van der Waals surface area contributed by atoms with Crippen LogP contribution in [0.4, 0.5) is 14.5 Å². The Morgan fingerprint density at radius 2 is 1.71 bits per heavy atom. The van der Waals surface area contributed by atoms with E-state index in [9.17, 15) is 37.3 Å². The maximum atomic E-state index is 13.5. The third-order valence-electron chi connectivity index (χ3n) is 7.45. The van der Waals surface area contributed by atoms with Crippen LogP contribution >= 0.6 is 7.60 Å². The van der Waals surface area contributed by atoms with E-state index in [4.69, 9.17) is 15.5 Å². The summed E-state index contributed by atoms with van der Waals surface area (Å²) >= 11 is 0. The molecule has 1 aliphatic rings. The van der Waals surface area contributed by atoms with Crippen LogP contribution in [0.1, 0.15) is 49.2 Å². The number of halogens is 2. The number of nitrogens with zero attached hydrogens (tertiary/aromatic N) is 3. The predicted octanol–water partition coefficient (Wildman–Crippen LogP) is 4.06. The number of aromatic amines is 1. The van der Waals surface area contributed by atoms with Gasteiger partial charge >= 0.3 is 13.3 Å². The van der Waals surface area contributed by atoms with Crippen molar-refractivity contribution in [1.29, 1.82) is 0 Å². The number of fused-ring (bicyclic) bond motifs is 1. The fourth-order valence-electron chi connectivity index (χ4n) is 4.68. The molecule has 1 fully saturated rings. The SMILES string of the molecule is CCN(CCC=O)C(C)=O.CN1CCCC1.NC(=O)c1cc2cc(C(F)(F)P(=O)(O)O)ccc2[nH]1.O=CNc1ccn(-c2ccccc2)c(=O)c1. The summed E-state index contributed by atoms with van der Waals surface area (Å²) in [6, 6.07) is 16.5. The number of nitrogens with two attached hydrogens (primary N) is 1. The van der Waals surface area contributed by atoms with Gasteiger partial charge in [-0.15, -0.1) is 0 Å². The lowest BCUT2D eigenvalue weighted by Gasteiger charge is -2.17. The maximum absolute atomic E-state index is 13.5. The van der Waals surface area contributed by atoms with E-state index in [1.165, 1.54) is 55.6 Å². The van der Waals surface area contributed by atoms with Gasteiger partial charge in [-0.25, -0.2) is 0 Å². The number of aromatic nitrogens is 2. The Kier molecular flexibility index (Phi) is 16.5. The minimum atomic E-state index is -5.62. The quantitative estimate of drug-likeness (QED) is 0.118. The summed E-state index contributed by atoms with van der Waals surface area (Å²) in [5.41, 5.74) is 1.40. The molecular weight excluding hydrogens is 689 g/mol. The molecule has 4 aromatic rings. The molecule has 2 aromatic heterocycles. The second kappa shape index (κ2) is 20.0. The van der Waals surface area contributed by atoms with Crippen LogP contribution in [0.5, 0.6) is 0 Å². The van der Waals surface area contributed by atoms with Crippen LogP contribution in [-0.2, 0) is 24.6 Å². The molecule has 276 valence electrons. The van der Waals surface area contributed by atoms with E-state index in [0.29, 0.717) is 37.1 Å². The van der Waals surface area contributed by atoms with E-state index < -0.39 is 24.7 Å². The number of anilines is 1. The molecule has 0 aliphatic carbocycles. The first-order chi connectivity index (χ1) is 24.0. The van der Waals surface area contributed by atoms with Crippen LogP contribution in [0.15, 0.2) is 77.7 Å². The van der Waals surface area contributed by atoms with E-state index in [1.54, 1.807) is 17.2 Å². The van der Waals surface area contributed by atoms with E-state index >= 15 is 0 Å². The van der Waals surface area contributed by atoms with E-state index in [0.717, 1.165) is 24.1 Å². The molecule has 0 atom stereocenters. The maximum Gasteiger partial charge on any atom is 0.399 e. The molecule has 5 rings (SSSR count). The lowest BCUT2D eigenvalue weighted by atomic mass is 10.1. The number of carbonyl (C=O) groups is 4. The Hall–Kier alpha value is -5.02. The molecule has 2 aromatic carbocycles. The van der Waals surface area contributed by atoms with E-state index in [1.807, 2.05) is 37.3 Å². The topological polar surface area (TPSA) is 208 Å². The Morgan fingerprint density at radius 3 is 2.18 bits per heavy atom. The molecule has 1 aliphatic heterocycles. The summed E-state index contributed by atoms with van der Waals surface area (Å²) in [5, 5.41) is 2.64. The van der Waals surface area contributed by atoms with E-state index in [2.05, 4.69) is 22.2 Å². The summed E-state index contributed by atoms with van der Waals surface area (Å²) in [5.74, 6) is -0.733. The fraction of sp³-hybridized carbons (Fsp3) is 0.324. The lowest BCUT2D eigenvalue weighted by Crippen LogP contribution is -2.29. The molecule has 0 unspecified atom stereocenters. The molecule has 0 spiro atoms. The summed E-state index contributed by atoms with van der Waals surface area (Å²) in [6.07, 6.45) is 6.26. The van der Waals surface area contributed by atoms with Crippen molar-refractivity contribution in [2.75, 3.05) is 38.5 Å². The van der Waals surface area contributed by atoms with Crippen LogP contribution in [-0.4, -0.2) is 86.9 Å². The summed E-state index contributed by atoms with van der Waals surface area (Å²) < 4.78 is 39.3. The van der Waals surface area contributed by atoms with Crippen LogP contribution in [0.3, 0.4) is 0 Å². The van der Waals surface area contributed by atoms with Gasteiger partial charge in [0, 0.05) is 66.5 Å². The number of likely N-dealkylation sites (tertiary alicyclic amines) is 1. The molecule has 3 amide bonds. The molecule has 1 saturated heterocycles. The highest BCUT2D eigenvalue weighted by Crippen LogP contribution is 2.59. The third-order valence-corrected chi connectivity index (χ3v) is 8.44. The number of alkyl halides is 2. The molecule has 17 heteroatoms. The van der Waals surface area contributed by atoms with Crippen LogP contribution in [0.2, 0.25) is 0 Å². The van der Waals surface area contributed by atoms with Gasteiger partial charge in [0.15, 0.2) is 0 Å². The number of para-hydroxylation sites is 1. The van der Waals surface area contributed by atoms with Gasteiger partial charge in [-0.3, -0.25) is 28.3 Å². The Labute approximate surface area is 293 Å². The van der Waals surface area contributed by atoms with Crippen molar-refractivity contribution in [2.24, 2.45) is 5.73 Å². The number of benzene rings is 2. The zero-order valence-electron chi connectivity index (χ0n) is 28.5. The number of hydrogen-bond acceptors (Lipinski definition) is 7. The smallest absolute Gasteiger partial charge is 0.364 e. The molecule has 0 saturated carbocycles. The van der Waals surface area contributed by atoms with Gasteiger partial charge in [-0.05, 0) is 76.3 Å². The second-order valence-corrected chi connectivity index (χ2v) is 12.9. The average molecular weight is 733 g/mol. The monoisotopic (exact) mass is 732 g/mol. The van der Waals surface area contributed by atoms with Gasteiger partial charge in [0.05, 0.1) is 0 Å². The van der Waals surface area contributed by atoms with E-state index in [-0.39, 0.29) is 22.5 Å². The summed E-state index contributed by atoms with van der Waals surface area (Å²) in [6.45, 7) is 7.28. The van der Waals surface area contributed by atoms with Crippen LogP contribution in [0.25, 0.3) is 16.6 Å². The van der Waals surface area contributed by atoms with Gasteiger partial charge < -0.3 is 40.4 Å². The fourth-order valence-corrected chi connectivity index (χ4v) is 5.16. The van der Waals surface area contributed by atoms with Crippen molar-refractivity contribution in [3.05, 3.63) is 94.5 Å². The highest BCUT2D eigenvalue weighted by molar-refractivity contribution is 7.52. The summed E-state index contributed by atoms with van der Waals surface area (Å²) in [4.78, 5) is 77.4.